The minimum Gasteiger partial charge on any atom is -0.459 e. The van der Waals surface area contributed by atoms with Crippen LogP contribution in [0.1, 0.15) is 30.0 Å². The Kier molecular flexibility index (Phi) is 4.21. The van der Waals surface area contributed by atoms with Crippen molar-refractivity contribution in [3.05, 3.63) is 23.7 Å². The number of halogens is 1. The Labute approximate surface area is 94.8 Å². The number of alkyl halides is 1. The van der Waals surface area contributed by atoms with Gasteiger partial charge in [-0.3, -0.25) is 4.79 Å². The maximum Gasteiger partial charge on any atom is 0.287 e. The van der Waals surface area contributed by atoms with Crippen LogP contribution in [0.5, 0.6) is 0 Å². The highest BCUT2D eigenvalue weighted by Crippen LogP contribution is 2.10. The number of nitrogens with one attached hydrogen (secondary N) is 1. The van der Waals surface area contributed by atoms with Gasteiger partial charge in [-0.1, -0.05) is 13.8 Å². The van der Waals surface area contributed by atoms with E-state index in [2.05, 4.69) is 5.32 Å². The first-order valence-electron chi connectivity index (χ1n) is 4.98. The molecule has 1 aromatic rings. The van der Waals surface area contributed by atoms with E-state index < -0.39 is 0 Å². The van der Waals surface area contributed by atoms with Gasteiger partial charge in [0.25, 0.3) is 5.91 Å². The first-order valence-corrected chi connectivity index (χ1v) is 5.42. The first kappa shape index (κ1) is 12.1. The molecule has 0 radical (unpaired) electrons. The molecule has 1 atom stereocenters. The topological polar surface area (TPSA) is 42.2 Å². The molecule has 1 amide bonds. The fourth-order valence-electron chi connectivity index (χ4n) is 1.11. The van der Waals surface area contributed by atoms with Crippen LogP contribution in [-0.2, 0) is 0 Å². The van der Waals surface area contributed by atoms with Gasteiger partial charge >= 0.3 is 0 Å². The number of amides is 1. The molecule has 0 aromatic carbocycles. The minimum absolute atomic E-state index is 0.0516. The summed E-state index contributed by atoms with van der Waals surface area (Å²) >= 11 is 6.02. The van der Waals surface area contributed by atoms with Crippen LogP contribution < -0.4 is 5.32 Å². The molecular formula is C11H16ClNO2. The molecule has 0 fully saturated rings. The second-order valence-corrected chi connectivity index (χ2v) is 4.46. The van der Waals surface area contributed by atoms with Gasteiger partial charge in [0.15, 0.2) is 5.76 Å². The van der Waals surface area contributed by atoms with Crippen molar-refractivity contribution in [3.63, 3.8) is 0 Å². The van der Waals surface area contributed by atoms with E-state index in [0.29, 0.717) is 18.2 Å². The Morgan fingerprint density at radius 2 is 2.27 bits per heavy atom. The van der Waals surface area contributed by atoms with Crippen LogP contribution in [0.3, 0.4) is 0 Å². The van der Waals surface area contributed by atoms with E-state index in [1.54, 1.807) is 6.07 Å². The van der Waals surface area contributed by atoms with E-state index in [1.807, 2.05) is 20.8 Å². The highest BCUT2D eigenvalue weighted by molar-refractivity contribution is 6.21. The van der Waals surface area contributed by atoms with Crippen molar-refractivity contribution in [2.24, 2.45) is 5.92 Å². The number of hydrogen-bond donors (Lipinski definition) is 1. The molecule has 0 aliphatic heterocycles. The molecule has 0 saturated heterocycles. The summed E-state index contributed by atoms with van der Waals surface area (Å²) in [5.41, 5.74) is 0.836. The van der Waals surface area contributed by atoms with Gasteiger partial charge in [-0.15, -0.1) is 11.6 Å². The zero-order valence-electron chi connectivity index (χ0n) is 9.21. The quantitative estimate of drug-likeness (QED) is 0.807. The molecule has 0 aliphatic carbocycles. The van der Waals surface area contributed by atoms with Crippen molar-refractivity contribution in [1.82, 2.24) is 5.32 Å². The molecule has 3 nitrogen and oxygen atoms in total. The number of carbonyl (C=O) groups is 1. The first-order chi connectivity index (χ1) is 7.02. The normalized spacial score (nSPS) is 12.9. The Balaban J connectivity index is 2.47. The summed E-state index contributed by atoms with van der Waals surface area (Å²) in [4.78, 5) is 11.6. The van der Waals surface area contributed by atoms with Crippen molar-refractivity contribution in [2.45, 2.75) is 26.1 Å². The van der Waals surface area contributed by atoms with Gasteiger partial charge in [-0.25, -0.2) is 0 Å². The largest absolute Gasteiger partial charge is 0.459 e. The molecule has 1 rings (SSSR count). The van der Waals surface area contributed by atoms with Gasteiger partial charge in [-0.05, 0) is 18.9 Å². The Morgan fingerprint density at radius 3 is 2.73 bits per heavy atom. The maximum absolute atomic E-state index is 11.6. The summed E-state index contributed by atoms with van der Waals surface area (Å²) in [5, 5.41) is 2.69. The summed E-state index contributed by atoms with van der Waals surface area (Å²) in [5.74, 6) is 0.496. The summed E-state index contributed by atoms with van der Waals surface area (Å²) < 4.78 is 5.06. The molecule has 1 unspecified atom stereocenters. The van der Waals surface area contributed by atoms with Crippen molar-refractivity contribution < 1.29 is 9.21 Å². The molecule has 0 aliphatic rings. The van der Waals surface area contributed by atoms with E-state index in [4.69, 9.17) is 16.0 Å². The third-order valence-electron chi connectivity index (χ3n) is 2.25. The Hall–Kier alpha value is -0.960. The van der Waals surface area contributed by atoms with Crippen LogP contribution in [0.15, 0.2) is 16.7 Å². The van der Waals surface area contributed by atoms with Crippen molar-refractivity contribution in [3.8, 4) is 0 Å². The summed E-state index contributed by atoms with van der Waals surface area (Å²) in [7, 11) is 0. The fourth-order valence-corrected chi connectivity index (χ4v) is 1.19. The fraction of sp³-hybridized carbons (Fsp3) is 0.545. The lowest BCUT2D eigenvalue weighted by Gasteiger charge is -2.13. The zero-order chi connectivity index (χ0) is 11.4. The molecular weight excluding hydrogens is 214 g/mol. The zero-order valence-corrected chi connectivity index (χ0v) is 9.97. The van der Waals surface area contributed by atoms with E-state index in [1.165, 1.54) is 6.26 Å². The molecule has 4 heteroatoms. The summed E-state index contributed by atoms with van der Waals surface area (Å²) in [6, 6.07) is 1.76. The average molecular weight is 230 g/mol. The smallest absolute Gasteiger partial charge is 0.287 e. The highest BCUT2D eigenvalue weighted by Gasteiger charge is 2.15. The molecule has 84 valence electrons. The number of rotatable bonds is 4. The third kappa shape index (κ3) is 3.27. The van der Waals surface area contributed by atoms with Crippen LogP contribution in [0.2, 0.25) is 0 Å². The van der Waals surface area contributed by atoms with Crippen LogP contribution in [0, 0.1) is 12.8 Å². The molecule has 1 heterocycles. The maximum atomic E-state index is 11.6. The lowest BCUT2D eigenvalue weighted by atomic mass is 10.1. The average Bonchev–Trinajstić information content (AvgIpc) is 2.60. The standard InChI is InChI=1S/C11H16ClNO2/c1-7(2)9(12)6-13-11(14)10-8(3)4-5-15-10/h4-5,7,9H,6H2,1-3H3,(H,13,14). The third-order valence-corrected chi connectivity index (χ3v) is 2.91. The summed E-state index contributed by atoms with van der Waals surface area (Å²) in [6.45, 7) is 6.32. The molecule has 1 N–H and O–H groups in total. The van der Waals surface area contributed by atoms with Gasteiger partial charge in [0.1, 0.15) is 0 Å². The lowest BCUT2D eigenvalue weighted by Crippen LogP contribution is -2.32. The van der Waals surface area contributed by atoms with Crippen LogP contribution in [-0.4, -0.2) is 17.8 Å². The van der Waals surface area contributed by atoms with Gasteiger partial charge in [0.05, 0.1) is 11.6 Å². The van der Waals surface area contributed by atoms with Gasteiger partial charge in [-0.2, -0.15) is 0 Å². The molecule has 0 saturated carbocycles. The monoisotopic (exact) mass is 229 g/mol. The number of carbonyl (C=O) groups excluding carboxylic acids is 1. The SMILES string of the molecule is Cc1ccoc1C(=O)NCC(Cl)C(C)C. The summed E-state index contributed by atoms with van der Waals surface area (Å²) in [6.07, 6.45) is 1.50. The highest BCUT2D eigenvalue weighted by atomic mass is 35.5. The Morgan fingerprint density at radius 1 is 1.60 bits per heavy atom. The van der Waals surface area contributed by atoms with E-state index in [-0.39, 0.29) is 11.3 Å². The molecule has 1 aromatic heterocycles. The number of hydrogen-bond acceptors (Lipinski definition) is 2. The predicted octanol–water partition coefficient (Wildman–Crippen LogP) is 2.58. The van der Waals surface area contributed by atoms with Crippen molar-refractivity contribution in [2.75, 3.05) is 6.54 Å². The van der Waals surface area contributed by atoms with Gasteiger partial charge in [0, 0.05) is 12.1 Å². The molecule has 0 bridgehead atoms. The predicted molar refractivity (Wildman–Crippen MR) is 60.3 cm³/mol. The number of aryl methyl sites for hydroxylation is 1. The minimum atomic E-state index is -0.205. The Bertz CT molecular complexity index is 333. The van der Waals surface area contributed by atoms with Crippen LogP contribution in [0.25, 0.3) is 0 Å². The van der Waals surface area contributed by atoms with Gasteiger partial charge in [0.2, 0.25) is 0 Å². The van der Waals surface area contributed by atoms with E-state index in [9.17, 15) is 4.79 Å². The molecule has 0 spiro atoms. The number of furan rings is 1. The second kappa shape index (κ2) is 5.21. The van der Waals surface area contributed by atoms with Crippen LogP contribution in [0.4, 0.5) is 0 Å². The van der Waals surface area contributed by atoms with Crippen LogP contribution >= 0.6 is 11.6 Å². The van der Waals surface area contributed by atoms with E-state index in [0.717, 1.165) is 5.56 Å². The van der Waals surface area contributed by atoms with Gasteiger partial charge < -0.3 is 9.73 Å². The van der Waals surface area contributed by atoms with E-state index >= 15 is 0 Å². The lowest BCUT2D eigenvalue weighted by molar-refractivity contribution is 0.0924. The van der Waals surface area contributed by atoms with Crippen molar-refractivity contribution >= 4 is 17.5 Å². The second-order valence-electron chi connectivity index (χ2n) is 3.90. The van der Waals surface area contributed by atoms with Crippen molar-refractivity contribution in [1.29, 1.82) is 0 Å². The molecule has 15 heavy (non-hydrogen) atoms.